The number of imidazole rings is 1. The number of aryl methyl sites for hydroxylation is 3. The van der Waals surface area contributed by atoms with Crippen LogP contribution in [-0.4, -0.2) is 24.3 Å². The fraction of sp³-hybridized carbons (Fsp3) is 0.250. The number of nitrogens with two attached hydrogens (primary N) is 1. The molecule has 6 nitrogen and oxygen atoms in total. The van der Waals surface area contributed by atoms with Crippen LogP contribution >= 0.6 is 0 Å². The predicted octanol–water partition coefficient (Wildman–Crippen LogP) is 1.22. The van der Waals surface area contributed by atoms with Crippen LogP contribution < -0.4 is 5.73 Å². The molecule has 0 unspecified atom stereocenters. The molecular weight excluding hydrogens is 228 g/mol. The maximum absolute atomic E-state index is 5.90. The first-order valence-corrected chi connectivity index (χ1v) is 5.80. The second-order valence-electron chi connectivity index (χ2n) is 4.25. The topological polar surface area (TPSA) is 74.5 Å². The van der Waals surface area contributed by atoms with E-state index >= 15 is 0 Å². The highest BCUT2D eigenvalue weighted by Crippen LogP contribution is 2.14. The molecule has 0 bridgehead atoms. The van der Waals surface area contributed by atoms with Crippen LogP contribution in [0.3, 0.4) is 0 Å². The van der Waals surface area contributed by atoms with E-state index in [2.05, 4.69) is 15.1 Å². The zero-order valence-electron chi connectivity index (χ0n) is 10.1. The normalized spacial score (nSPS) is 11.2. The van der Waals surface area contributed by atoms with E-state index in [1.54, 1.807) is 6.20 Å². The molecule has 0 spiro atoms. The van der Waals surface area contributed by atoms with E-state index in [1.165, 1.54) is 0 Å². The van der Waals surface area contributed by atoms with Crippen LogP contribution in [0.5, 0.6) is 0 Å². The number of nitrogens with zero attached hydrogens (tertiary/aromatic N) is 5. The Kier molecular flexibility index (Phi) is 2.47. The van der Waals surface area contributed by atoms with Gasteiger partial charge in [0.2, 0.25) is 5.95 Å². The van der Waals surface area contributed by atoms with Crippen LogP contribution in [0.2, 0.25) is 0 Å². The van der Waals surface area contributed by atoms with Gasteiger partial charge in [-0.2, -0.15) is 5.10 Å². The minimum atomic E-state index is 0.493. The number of nitrogen functional groups attached to an aromatic ring is 1. The van der Waals surface area contributed by atoms with Crippen LogP contribution in [0, 0.1) is 6.92 Å². The standard InChI is InChI=1S/C12H14N6/c1-9-7-15-17(8-9)5-6-18-11-10(16-12(18)13)3-2-4-14-11/h2-4,7-8H,5-6H2,1H3,(H2,13,16). The summed E-state index contributed by atoms with van der Waals surface area (Å²) >= 11 is 0. The molecule has 0 aliphatic heterocycles. The van der Waals surface area contributed by atoms with Gasteiger partial charge in [0, 0.05) is 18.9 Å². The van der Waals surface area contributed by atoms with Crippen LogP contribution in [0.4, 0.5) is 5.95 Å². The minimum Gasteiger partial charge on any atom is -0.369 e. The first-order valence-electron chi connectivity index (χ1n) is 5.80. The lowest BCUT2D eigenvalue weighted by Crippen LogP contribution is -2.10. The van der Waals surface area contributed by atoms with Gasteiger partial charge in [-0.25, -0.2) is 9.97 Å². The van der Waals surface area contributed by atoms with Crippen molar-refractivity contribution in [3.8, 4) is 0 Å². The third-order valence-corrected chi connectivity index (χ3v) is 2.85. The number of hydrogen-bond acceptors (Lipinski definition) is 4. The Morgan fingerprint density at radius 3 is 3.00 bits per heavy atom. The average Bonchev–Trinajstić information content (AvgIpc) is 2.90. The van der Waals surface area contributed by atoms with Gasteiger partial charge in [0.25, 0.3) is 0 Å². The van der Waals surface area contributed by atoms with Gasteiger partial charge in [-0.3, -0.25) is 9.25 Å². The van der Waals surface area contributed by atoms with Crippen molar-refractivity contribution in [3.63, 3.8) is 0 Å². The summed E-state index contributed by atoms with van der Waals surface area (Å²) in [5.74, 6) is 0.493. The molecule has 2 N–H and O–H groups in total. The summed E-state index contributed by atoms with van der Waals surface area (Å²) in [5.41, 5.74) is 8.70. The van der Waals surface area contributed by atoms with E-state index in [-0.39, 0.29) is 0 Å². The number of aromatic nitrogens is 5. The molecule has 3 rings (SSSR count). The van der Waals surface area contributed by atoms with Crippen molar-refractivity contribution >= 4 is 17.1 Å². The number of pyridine rings is 1. The van der Waals surface area contributed by atoms with Crippen molar-refractivity contribution in [2.45, 2.75) is 20.0 Å². The quantitative estimate of drug-likeness (QED) is 0.749. The molecule has 92 valence electrons. The molecule has 0 fully saturated rings. The maximum atomic E-state index is 5.90. The van der Waals surface area contributed by atoms with Crippen molar-refractivity contribution in [2.24, 2.45) is 0 Å². The highest BCUT2D eigenvalue weighted by Gasteiger charge is 2.08. The van der Waals surface area contributed by atoms with Crippen molar-refractivity contribution in [2.75, 3.05) is 5.73 Å². The summed E-state index contributed by atoms with van der Waals surface area (Å²) in [6.07, 6.45) is 5.59. The molecule has 3 aromatic rings. The third-order valence-electron chi connectivity index (χ3n) is 2.85. The molecule has 0 saturated carbocycles. The van der Waals surface area contributed by atoms with Crippen LogP contribution in [0.25, 0.3) is 11.2 Å². The molecule has 3 heterocycles. The van der Waals surface area contributed by atoms with E-state index < -0.39 is 0 Å². The number of anilines is 1. The highest BCUT2D eigenvalue weighted by atomic mass is 15.3. The Balaban J connectivity index is 1.88. The van der Waals surface area contributed by atoms with Crippen molar-refractivity contribution in [1.82, 2.24) is 24.3 Å². The van der Waals surface area contributed by atoms with E-state index in [4.69, 9.17) is 5.73 Å². The Morgan fingerprint density at radius 2 is 2.22 bits per heavy atom. The third kappa shape index (κ3) is 1.81. The van der Waals surface area contributed by atoms with Crippen molar-refractivity contribution in [1.29, 1.82) is 0 Å². The Bertz CT molecular complexity index is 681. The molecule has 3 aromatic heterocycles. The van der Waals surface area contributed by atoms with Gasteiger partial charge in [-0.15, -0.1) is 0 Å². The summed E-state index contributed by atoms with van der Waals surface area (Å²) in [6, 6.07) is 3.77. The van der Waals surface area contributed by atoms with Crippen LogP contribution in [-0.2, 0) is 13.1 Å². The monoisotopic (exact) mass is 242 g/mol. The maximum Gasteiger partial charge on any atom is 0.202 e. The lowest BCUT2D eigenvalue weighted by atomic mass is 10.4. The van der Waals surface area contributed by atoms with Crippen molar-refractivity contribution < 1.29 is 0 Å². The fourth-order valence-corrected chi connectivity index (χ4v) is 1.99. The predicted molar refractivity (Wildman–Crippen MR) is 68.9 cm³/mol. The van der Waals surface area contributed by atoms with Gasteiger partial charge in [0.05, 0.1) is 12.7 Å². The molecule has 0 aliphatic rings. The molecule has 0 aromatic carbocycles. The van der Waals surface area contributed by atoms with E-state index in [0.717, 1.165) is 23.3 Å². The second kappa shape index (κ2) is 4.14. The van der Waals surface area contributed by atoms with Crippen molar-refractivity contribution in [3.05, 3.63) is 36.3 Å². The summed E-state index contributed by atoms with van der Waals surface area (Å²) in [6.45, 7) is 3.48. The molecule has 0 radical (unpaired) electrons. The van der Waals surface area contributed by atoms with Crippen LogP contribution in [0.15, 0.2) is 30.7 Å². The lowest BCUT2D eigenvalue weighted by molar-refractivity contribution is 0.543. The van der Waals surface area contributed by atoms with Gasteiger partial charge in [0.1, 0.15) is 5.52 Å². The summed E-state index contributed by atoms with van der Waals surface area (Å²) < 4.78 is 3.80. The number of fused-ring (bicyclic) bond motifs is 1. The summed E-state index contributed by atoms with van der Waals surface area (Å²) in [5, 5.41) is 4.25. The van der Waals surface area contributed by atoms with E-state index in [9.17, 15) is 0 Å². The van der Waals surface area contributed by atoms with E-state index in [1.807, 2.05) is 40.7 Å². The largest absolute Gasteiger partial charge is 0.369 e. The average molecular weight is 242 g/mol. The SMILES string of the molecule is Cc1cnn(CCn2c(N)nc3cccnc32)c1. The van der Waals surface area contributed by atoms with Gasteiger partial charge in [-0.05, 0) is 24.6 Å². The molecule has 0 amide bonds. The molecule has 6 heteroatoms. The Hall–Kier alpha value is -2.37. The summed E-state index contributed by atoms with van der Waals surface area (Å²) in [4.78, 5) is 8.59. The smallest absolute Gasteiger partial charge is 0.202 e. The van der Waals surface area contributed by atoms with Gasteiger partial charge in [-0.1, -0.05) is 0 Å². The van der Waals surface area contributed by atoms with Gasteiger partial charge >= 0.3 is 0 Å². The first kappa shape index (κ1) is 10.8. The fourth-order valence-electron chi connectivity index (χ4n) is 1.99. The Labute approximate surface area is 104 Å². The minimum absolute atomic E-state index is 0.493. The van der Waals surface area contributed by atoms with Crippen LogP contribution in [0.1, 0.15) is 5.56 Å². The molecular formula is C12H14N6. The zero-order valence-corrected chi connectivity index (χ0v) is 10.1. The number of hydrogen-bond donors (Lipinski definition) is 1. The zero-order chi connectivity index (χ0) is 12.5. The lowest BCUT2D eigenvalue weighted by Gasteiger charge is -2.05. The highest BCUT2D eigenvalue weighted by molar-refractivity contribution is 5.73. The molecule has 0 saturated heterocycles. The van der Waals surface area contributed by atoms with Gasteiger partial charge < -0.3 is 5.73 Å². The summed E-state index contributed by atoms with van der Waals surface area (Å²) in [7, 11) is 0. The molecule has 18 heavy (non-hydrogen) atoms. The second-order valence-corrected chi connectivity index (χ2v) is 4.25. The van der Waals surface area contributed by atoms with Gasteiger partial charge in [0.15, 0.2) is 5.65 Å². The number of rotatable bonds is 3. The first-order chi connectivity index (χ1) is 8.74. The molecule has 0 aliphatic carbocycles. The molecule has 0 atom stereocenters. The Morgan fingerprint density at radius 1 is 1.33 bits per heavy atom. The van der Waals surface area contributed by atoms with E-state index in [0.29, 0.717) is 12.5 Å².